The van der Waals surface area contributed by atoms with Crippen molar-refractivity contribution in [3.05, 3.63) is 95.6 Å². The average Bonchev–Trinajstić information content (AvgIpc) is 3.27. The molecule has 12 nitrogen and oxygen atoms in total. The van der Waals surface area contributed by atoms with Crippen LogP contribution in [0.1, 0.15) is 23.1 Å². The topological polar surface area (TPSA) is 235 Å². The first-order valence-corrected chi connectivity index (χ1v) is 13.4. The van der Waals surface area contributed by atoms with Crippen LogP contribution in [0.5, 0.6) is 0 Å². The third kappa shape index (κ3) is 9.12. The van der Waals surface area contributed by atoms with Crippen LogP contribution in [0, 0.1) is 5.41 Å². The lowest BCUT2D eigenvalue weighted by Gasteiger charge is -2.05. The highest BCUT2D eigenvalue weighted by Crippen LogP contribution is 2.25. The van der Waals surface area contributed by atoms with Crippen molar-refractivity contribution >= 4 is 37.7 Å². The highest BCUT2D eigenvalue weighted by Gasteiger charge is 2.21. The molecule has 0 bridgehead atoms. The van der Waals surface area contributed by atoms with Crippen LogP contribution >= 0.6 is 0 Å². The van der Waals surface area contributed by atoms with Gasteiger partial charge in [-0.3, -0.25) is 14.5 Å². The van der Waals surface area contributed by atoms with Gasteiger partial charge in [0.05, 0.1) is 15.5 Å². The molecule has 0 unspecified atom stereocenters. The van der Waals surface area contributed by atoms with Gasteiger partial charge in [-0.15, -0.1) is 5.10 Å². The highest BCUT2D eigenvalue weighted by molar-refractivity contribution is 7.86. The van der Waals surface area contributed by atoms with Gasteiger partial charge in [-0.25, -0.2) is 0 Å². The van der Waals surface area contributed by atoms with Crippen LogP contribution in [-0.2, 0) is 26.7 Å². The van der Waals surface area contributed by atoms with Crippen molar-refractivity contribution < 1.29 is 25.9 Å². The molecule has 0 fully saturated rings. The first-order chi connectivity index (χ1) is 17.3. The number of hydrogen-bond acceptors (Lipinski definition) is 7. The van der Waals surface area contributed by atoms with Crippen LogP contribution in [0.25, 0.3) is 0 Å². The Morgan fingerprint density at radius 2 is 1.22 bits per heavy atom. The Morgan fingerprint density at radius 1 is 0.730 bits per heavy atom. The van der Waals surface area contributed by atoms with Gasteiger partial charge in [0, 0.05) is 11.1 Å². The second-order valence-electron chi connectivity index (χ2n) is 7.39. The van der Waals surface area contributed by atoms with E-state index in [1.807, 2.05) is 18.2 Å². The summed E-state index contributed by atoms with van der Waals surface area (Å²) >= 11 is 0. The first kappa shape index (κ1) is 29.1. The summed E-state index contributed by atoms with van der Waals surface area (Å²) in [5.41, 5.74) is 19.6. The largest absolute Gasteiger partial charge is 0.384 e. The highest BCUT2D eigenvalue weighted by atomic mass is 32.2. The molecule has 4 rings (SSSR count). The molecule has 0 amide bonds. The smallest absolute Gasteiger partial charge is 0.294 e. The molecule has 0 saturated heterocycles. The van der Waals surface area contributed by atoms with Crippen LogP contribution in [0.15, 0.2) is 98.9 Å². The maximum Gasteiger partial charge on any atom is 0.294 e. The van der Waals surface area contributed by atoms with Crippen molar-refractivity contribution in [2.24, 2.45) is 27.4 Å². The number of amidine groups is 1. The summed E-state index contributed by atoms with van der Waals surface area (Å²) in [5, 5.41) is 15.2. The van der Waals surface area contributed by atoms with Crippen LogP contribution in [-0.4, -0.2) is 43.4 Å². The Labute approximate surface area is 214 Å². The number of nitrogen functional groups attached to an aromatic ring is 1. The number of nitrogens with zero attached hydrogens (tertiary/aromatic N) is 2. The van der Waals surface area contributed by atoms with Gasteiger partial charge in [-0.1, -0.05) is 54.6 Å². The van der Waals surface area contributed by atoms with Crippen molar-refractivity contribution in [2.45, 2.75) is 22.6 Å². The van der Waals surface area contributed by atoms with E-state index in [1.165, 1.54) is 24.3 Å². The van der Waals surface area contributed by atoms with E-state index in [2.05, 4.69) is 10.2 Å². The number of nitrogens with two attached hydrogens (primary N) is 3. The summed E-state index contributed by atoms with van der Waals surface area (Å²) in [4.78, 5) is -0.148. The second kappa shape index (κ2) is 12.7. The number of rotatable bonds is 4. The molecule has 9 N–H and O–H groups in total. The zero-order chi connectivity index (χ0) is 27.6. The van der Waals surface area contributed by atoms with Crippen LogP contribution in [0.3, 0.4) is 0 Å². The Hall–Kier alpha value is -4.11. The zero-order valence-electron chi connectivity index (χ0n) is 19.4. The first-order valence-electron chi connectivity index (χ1n) is 10.5. The molecule has 0 radical (unpaired) electrons. The maximum absolute atomic E-state index is 10.4. The summed E-state index contributed by atoms with van der Waals surface area (Å²) in [7, 11) is -8.01. The molecule has 1 aliphatic rings. The molecule has 196 valence electrons. The average molecular weight is 547 g/mol. The second-order valence-corrected chi connectivity index (χ2v) is 10.2. The molecule has 37 heavy (non-hydrogen) atoms. The molecular weight excluding hydrogens is 520 g/mol. The molecule has 0 aliphatic heterocycles. The zero-order valence-corrected chi connectivity index (χ0v) is 21.0. The summed E-state index contributed by atoms with van der Waals surface area (Å²) in [6.07, 6.45) is 1.57. The lowest BCUT2D eigenvalue weighted by atomic mass is 10.0. The minimum atomic E-state index is -4.00. The Balaban J connectivity index is 0.000000208. The molecule has 0 heterocycles. The molecule has 0 aromatic heterocycles. The van der Waals surface area contributed by atoms with Gasteiger partial charge in [-0.05, 0) is 42.7 Å². The monoisotopic (exact) mass is 546 g/mol. The van der Waals surface area contributed by atoms with Gasteiger partial charge in [0.15, 0.2) is 0 Å². The van der Waals surface area contributed by atoms with Gasteiger partial charge in [0.25, 0.3) is 20.2 Å². The molecule has 0 atom stereocenters. The van der Waals surface area contributed by atoms with E-state index < -0.39 is 20.2 Å². The van der Waals surface area contributed by atoms with Gasteiger partial charge in [0.1, 0.15) is 5.84 Å². The van der Waals surface area contributed by atoms with Gasteiger partial charge in [-0.2, -0.15) is 21.9 Å². The molecule has 3 aromatic rings. The van der Waals surface area contributed by atoms with Crippen molar-refractivity contribution in [1.82, 2.24) is 0 Å². The van der Waals surface area contributed by atoms with E-state index in [0.717, 1.165) is 35.2 Å². The van der Waals surface area contributed by atoms with Crippen LogP contribution in [0.2, 0.25) is 0 Å². The van der Waals surface area contributed by atoms with Crippen molar-refractivity contribution in [3.63, 3.8) is 0 Å². The number of benzene rings is 3. The van der Waals surface area contributed by atoms with E-state index in [-0.39, 0.29) is 21.6 Å². The molecular formula is C23H26N6O6S2. The number of hydrogen-bond donors (Lipinski definition) is 6. The minimum Gasteiger partial charge on any atom is -0.384 e. The molecule has 0 saturated carbocycles. The third-order valence-corrected chi connectivity index (χ3v) is 6.49. The minimum absolute atomic E-state index is 0.0614. The standard InChI is InChI=1S/C11H14N6.2C6H6O3S/c12-10(13)8-3-1-2-7-6(8)4-5-9(7)16-17-11(14)15;2*7-10(8,9)6-4-2-1-3-5-6/h1-3H,4-5H2,(H3,12,13)(H4,14,15,17);2*1-5H,(H,7,8,9). The van der Waals surface area contributed by atoms with E-state index in [0.29, 0.717) is 0 Å². The Kier molecular flexibility index (Phi) is 10.0. The molecule has 14 heteroatoms. The number of fused-ring (bicyclic) bond motifs is 1. The molecule has 3 aromatic carbocycles. The summed E-state index contributed by atoms with van der Waals surface area (Å²) < 4.78 is 58.5. The van der Waals surface area contributed by atoms with Crippen molar-refractivity contribution in [2.75, 3.05) is 0 Å². The van der Waals surface area contributed by atoms with E-state index in [9.17, 15) is 16.8 Å². The normalized spacial score (nSPS) is 13.3. The van der Waals surface area contributed by atoms with E-state index >= 15 is 0 Å². The van der Waals surface area contributed by atoms with Crippen molar-refractivity contribution in [3.8, 4) is 0 Å². The predicted octanol–water partition coefficient (Wildman–Crippen LogP) is 1.76. The van der Waals surface area contributed by atoms with Crippen LogP contribution < -0.4 is 17.2 Å². The maximum atomic E-state index is 10.4. The summed E-state index contributed by atoms with van der Waals surface area (Å²) in [5.74, 6) is 0.0126. The fraction of sp³-hybridized carbons (Fsp3) is 0.0870. The summed E-state index contributed by atoms with van der Waals surface area (Å²) in [6.45, 7) is 0. The van der Waals surface area contributed by atoms with Crippen LogP contribution in [0.4, 0.5) is 0 Å². The Bertz CT molecular complexity index is 1440. The van der Waals surface area contributed by atoms with Gasteiger partial charge < -0.3 is 17.2 Å². The molecule has 1 aliphatic carbocycles. The quantitative estimate of drug-likeness (QED) is 0.121. The third-order valence-electron chi connectivity index (χ3n) is 4.76. The lowest BCUT2D eigenvalue weighted by Crippen LogP contribution is -2.22. The number of guanidine groups is 1. The summed E-state index contributed by atoms with van der Waals surface area (Å²) in [6, 6.07) is 20.5. The SMILES string of the molecule is N=C(N)c1cccc2c1CCC2=NN=C(N)N.O=S(=O)(O)c1ccccc1.O=S(=O)(O)c1ccccc1. The van der Waals surface area contributed by atoms with Crippen molar-refractivity contribution in [1.29, 1.82) is 5.41 Å². The van der Waals surface area contributed by atoms with Gasteiger partial charge >= 0.3 is 0 Å². The predicted molar refractivity (Wildman–Crippen MR) is 141 cm³/mol. The van der Waals surface area contributed by atoms with Gasteiger partial charge in [0.2, 0.25) is 5.96 Å². The lowest BCUT2D eigenvalue weighted by molar-refractivity contribution is 0.481. The van der Waals surface area contributed by atoms with E-state index in [1.54, 1.807) is 36.4 Å². The number of nitrogens with one attached hydrogen (secondary N) is 1. The molecule has 0 spiro atoms. The van der Waals surface area contributed by atoms with E-state index in [4.69, 9.17) is 31.7 Å². The fourth-order valence-electron chi connectivity index (χ4n) is 3.16. The fourth-order valence-corrected chi connectivity index (χ4v) is 4.17. The Morgan fingerprint density at radius 3 is 1.59 bits per heavy atom.